The smallest absolute Gasteiger partial charge is 0.253 e. The zero-order valence-electron chi connectivity index (χ0n) is 23.4. The third-order valence-corrected chi connectivity index (χ3v) is 8.69. The number of para-hydroxylation sites is 1. The molecule has 1 spiro atoms. The lowest BCUT2D eigenvalue weighted by molar-refractivity contribution is 0.0361. The number of rotatable bonds is 3. The van der Waals surface area contributed by atoms with Gasteiger partial charge in [-0.2, -0.15) is 0 Å². The van der Waals surface area contributed by atoms with Crippen molar-refractivity contribution in [3.63, 3.8) is 0 Å². The summed E-state index contributed by atoms with van der Waals surface area (Å²) in [7, 11) is 0. The first-order valence-electron chi connectivity index (χ1n) is 14.6. The Balaban J connectivity index is 1.18. The largest absolute Gasteiger partial charge is 0.492 e. The second-order valence-electron chi connectivity index (χ2n) is 11.6. The molecule has 208 valence electrons. The highest BCUT2D eigenvalue weighted by atomic mass is 16.5. The Morgan fingerprint density at radius 3 is 2.75 bits per heavy atom. The van der Waals surface area contributed by atoms with E-state index in [0.29, 0.717) is 6.61 Å². The summed E-state index contributed by atoms with van der Waals surface area (Å²) in [5, 5.41) is 0. The Bertz CT molecular complexity index is 1440. The number of likely N-dealkylation sites (tertiary alicyclic amines) is 1. The second kappa shape index (κ2) is 11.8. The van der Waals surface area contributed by atoms with Crippen LogP contribution in [0.4, 0.5) is 0 Å². The van der Waals surface area contributed by atoms with Crippen LogP contribution in [0.2, 0.25) is 0 Å². The van der Waals surface area contributed by atoms with E-state index in [0.717, 1.165) is 86.6 Å². The summed E-state index contributed by atoms with van der Waals surface area (Å²) in [6, 6.07) is 18.5. The number of ether oxygens (including phenoxy) is 1. The first-order chi connectivity index (χ1) is 19.6. The first-order valence-corrected chi connectivity index (χ1v) is 14.6. The van der Waals surface area contributed by atoms with Gasteiger partial charge in [-0.25, -0.2) is 4.98 Å². The number of aromatic nitrogens is 3. The predicted molar refractivity (Wildman–Crippen MR) is 157 cm³/mol. The van der Waals surface area contributed by atoms with Crippen LogP contribution in [0.3, 0.4) is 0 Å². The summed E-state index contributed by atoms with van der Waals surface area (Å²) < 4.78 is 6.32. The summed E-state index contributed by atoms with van der Waals surface area (Å²) >= 11 is 0. The highest BCUT2D eigenvalue weighted by molar-refractivity contribution is 5.97. The monoisotopic (exact) mass is 537 g/mol. The standard InChI is InChI=1S/C33H39N5O2/c1-25-35-29-12-11-28(21-30(29)36-25)32(39)38-17-14-33(15-18-38)13-5-4-9-27-8-2-3-10-31(27)40-20-19-37(24-33)23-26-7-6-16-34-22-26/h2-3,6-8,10-12,16,21-22H,4-5,9,13-15,17-20,23-24H2,1H3,(H,35,36). The number of H-pyrrole nitrogens is 1. The van der Waals surface area contributed by atoms with E-state index >= 15 is 0 Å². The topological polar surface area (TPSA) is 74.4 Å². The number of nitrogens with one attached hydrogen (secondary N) is 1. The van der Waals surface area contributed by atoms with Gasteiger partial charge in [0.25, 0.3) is 5.91 Å². The molecular weight excluding hydrogens is 498 g/mol. The third-order valence-electron chi connectivity index (χ3n) is 8.69. The number of carbonyl (C=O) groups excluding carboxylic acids is 1. The molecule has 1 amide bonds. The number of piperidine rings is 1. The highest BCUT2D eigenvalue weighted by Gasteiger charge is 2.37. The number of nitrogens with zero attached hydrogens (tertiary/aromatic N) is 4. The molecular formula is C33H39N5O2. The lowest BCUT2D eigenvalue weighted by Gasteiger charge is -2.45. The molecule has 2 aromatic carbocycles. The fourth-order valence-electron chi connectivity index (χ4n) is 6.51. The van der Waals surface area contributed by atoms with Crippen molar-refractivity contribution in [1.29, 1.82) is 0 Å². The van der Waals surface area contributed by atoms with Crippen molar-refractivity contribution in [2.75, 3.05) is 32.8 Å². The number of amides is 1. The molecule has 0 saturated carbocycles. The quantitative estimate of drug-likeness (QED) is 0.358. The fourth-order valence-corrected chi connectivity index (χ4v) is 6.51. The number of imidazole rings is 1. The number of hydrogen-bond donors (Lipinski definition) is 1. The SMILES string of the molecule is Cc1nc2ccc(C(=O)N3CCC4(CCCCc5ccccc5OCCN(Cc5cccnc5)C4)CC3)cc2[nH]1. The van der Waals surface area contributed by atoms with Crippen LogP contribution in [0, 0.1) is 12.3 Å². The molecule has 40 heavy (non-hydrogen) atoms. The normalized spacial score (nSPS) is 18.5. The molecule has 6 rings (SSSR count). The zero-order chi connectivity index (χ0) is 27.4. The van der Waals surface area contributed by atoms with Gasteiger partial charge in [0.2, 0.25) is 0 Å². The fraction of sp³-hybridized carbons (Fsp3) is 0.424. The van der Waals surface area contributed by atoms with Crippen LogP contribution in [-0.2, 0) is 13.0 Å². The number of fused-ring (bicyclic) bond motifs is 2. The van der Waals surface area contributed by atoms with Gasteiger partial charge in [0.05, 0.1) is 11.0 Å². The summed E-state index contributed by atoms with van der Waals surface area (Å²) in [5.74, 6) is 2.01. The molecule has 7 nitrogen and oxygen atoms in total. The van der Waals surface area contributed by atoms with Crippen LogP contribution in [-0.4, -0.2) is 63.4 Å². The van der Waals surface area contributed by atoms with E-state index in [4.69, 9.17) is 4.74 Å². The molecule has 2 aliphatic rings. The highest BCUT2D eigenvalue weighted by Crippen LogP contribution is 2.39. The Kier molecular flexibility index (Phi) is 7.82. The Morgan fingerprint density at radius 1 is 1.02 bits per heavy atom. The van der Waals surface area contributed by atoms with Crippen LogP contribution >= 0.6 is 0 Å². The predicted octanol–water partition coefficient (Wildman–Crippen LogP) is 5.80. The van der Waals surface area contributed by atoms with Crippen LogP contribution in [0.15, 0.2) is 67.0 Å². The van der Waals surface area contributed by atoms with E-state index in [1.807, 2.05) is 43.6 Å². The van der Waals surface area contributed by atoms with E-state index in [-0.39, 0.29) is 11.3 Å². The summed E-state index contributed by atoms with van der Waals surface area (Å²) in [6.07, 6.45) is 10.4. The second-order valence-corrected chi connectivity index (χ2v) is 11.6. The van der Waals surface area contributed by atoms with E-state index in [9.17, 15) is 4.79 Å². The number of aryl methyl sites for hydroxylation is 2. The number of pyridine rings is 1. The minimum atomic E-state index is 0.120. The van der Waals surface area contributed by atoms with Crippen molar-refractivity contribution in [3.8, 4) is 5.75 Å². The number of hydrogen-bond acceptors (Lipinski definition) is 5. The van der Waals surface area contributed by atoms with E-state index in [1.165, 1.54) is 24.0 Å². The summed E-state index contributed by atoms with van der Waals surface area (Å²) in [6.45, 7) is 6.90. The van der Waals surface area contributed by atoms with Gasteiger partial charge >= 0.3 is 0 Å². The van der Waals surface area contributed by atoms with Crippen LogP contribution in [0.5, 0.6) is 5.75 Å². The molecule has 0 aliphatic carbocycles. The molecule has 4 heterocycles. The van der Waals surface area contributed by atoms with Crippen molar-refractivity contribution >= 4 is 16.9 Å². The molecule has 0 radical (unpaired) electrons. The molecule has 7 heteroatoms. The van der Waals surface area contributed by atoms with Crippen LogP contribution < -0.4 is 4.74 Å². The van der Waals surface area contributed by atoms with Gasteiger partial charge in [-0.15, -0.1) is 0 Å². The van der Waals surface area contributed by atoms with Crippen molar-refractivity contribution in [3.05, 3.63) is 89.5 Å². The maximum absolute atomic E-state index is 13.5. The maximum Gasteiger partial charge on any atom is 0.253 e. The first kappa shape index (κ1) is 26.5. The molecule has 0 bridgehead atoms. The maximum atomic E-state index is 13.5. The lowest BCUT2D eigenvalue weighted by atomic mass is 9.73. The van der Waals surface area contributed by atoms with E-state index < -0.39 is 0 Å². The molecule has 1 N–H and O–H groups in total. The molecule has 2 aromatic heterocycles. The van der Waals surface area contributed by atoms with Crippen molar-refractivity contribution in [2.24, 2.45) is 5.41 Å². The number of aromatic amines is 1. The van der Waals surface area contributed by atoms with Crippen LogP contribution in [0.25, 0.3) is 11.0 Å². The summed E-state index contributed by atoms with van der Waals surface area (Å²) in [5.41, 5.74) is 5.27. The van der Waals surface area contributed by atoms with Crippen LogP contribution in [0.1, 0.15) is 59.4 Å². The number of benzene rings is 2. The minimum Gasteiger partial charge on any atom is -0.492 e. The molecule has 0 unspecified atom stereocenters. The van der Waals surface area contributed by atoms with Gasteiger partial charge in [0.15, 0.2) is 0 Å². The molecule has 2 aliphatic heterocycles. The Labute approximate surface area is 236 Å². The molecule has 1 fully saturated rings. The van der Waals surface area contributed by atoms with E-state index in [1.54, 1.807) is 0 Å². The molecule has 4 aromatic rings. The molecule has 1 saturated heterocycles. The van der Waals surface area contributed by atoms with Crippen molar-refractivity contribution in [2.45, 2.75) is 52.0 Å². The van der Waals surface area contributed by atoms with Gasteiger partial charge in [-0.3, -0.25) is 14.7 Å². The molecule has 0 atom stereocenters. The minimum absolute atomic E-state index is 0.120. The average molecular weight is 538 g/mol. The third kappa shape index (κ3) is 6.04. The Morgan fingerprint density at radius 2 is 1.90 bits per heavy atom. The summed E-state index contributed by atoms with van der Waals surface area (Å²) in [4.78, 5) is 30.2. The van der Waals surface area contributed by atoms with Crippen molar-refractivity contribution < 1.29 is 9.53 Å². The van der Waals surface area contributed by atoms with Crippen molar-refractivity contribution in [1.82, 2.24) is 24.8 Å². The van der Waals surface area contributed by atoms with Gasteiger partial charge in [-0.1, -0.05) is 30.7 Å². The van der Waals surface area contributed by atoms with Gasteiger partial charge in [0, 0.05) is 50.7 Å². The van der Waals surface area contributed by atoms with Gasteiger partial charge in [-0.05, 0) is 85.9 Å². The number of carbonyl (C=O) groups is 1. The van der Waals surface area contributed by atoms with Gasteiger partial charge < -0.3 is 14.6 Å². The zero-order valence-corrected chi connectivity index (χ0v) is 23.4. The Hall–Kier alpha value is -3.71. The van der Waals surface area contributed by atoms with Gasteiger partial charge in [0.1, 0.15) is 18.2 Å². The average Bonchev–Trinajstić information content (AvgIpc) is 3.35. The lowest BCUT2D eigenvalue weighted by Crippen LogP contribution is -2.48. The van der Waals surface area contributed by atoms with E-state index in [2.05, 4.69) is 55.1 Å².